The van der Waals surface area contributed by atoms with E-state index in [4.69, 9.17) is 4.74 Å². The highest BCUT2D eigenvalue weighted by molar-refractivity contribution is 5.87. The van der Waals surface area contributed by atoms with E-state index in [1.807, 2.05) is 26.0 Å². The van der Waals surface area contributed by atoms with Gasteiger partial charge < -0.3 is 15.2 Å². The van der Waals surface area contributed by atoms with Gasteiger partial charge in [-0.2, -0.15) is 0 Å². The molecule has 1 amide bonds. The van der Waals surface area contributed by atoms with Crippen LogP contribution in [0.4, 0.5) is 0 Å². The summed E-state index contributed by atoms with van der Waals surface area (Å²) >= 11 is 0. The smallest absolute Gasteiger partial charge is 0.307 e. The first-order valence-electron chi connectivity index (χ1n) is 6.83. The third-order valence-corrected chi connectivity index (χ3v) is 4.01. The third kappa shape index (κ3) is 2.81. The number of hydrogen-bond donors (Lipinski definition) is 2. The molecule has 2 rings (SSSR count). The fourth-order valence-electron chi connectivity index (χ4n) is 3.19. The molecule has 0 aromatic heterocycles. The van der Waals surface area contributed by atoms with Gasteiger partial charge in [-0.05, 0) is 32.1 Å². The van der Waals surface area contributed by atoms with Crippen LogP contribution < -0.4 is 5.32 Å². The average Bonchev–Trinajstić information content (AvgIpc) is 2.95. The van der Waals surface area contributed by atoms with Crippen molar-refractivity contribution >= 4 is 11.9 Å². The fourth-order valence-corrected chi connectivity index (χ4v) is 3.19. The molecule has 5 nitrogen and oxygen atoms in total. The molecule has 19 heavy (non-hydrogen) atoms. The lowest BCUT2D eigenvalue weighted by Crippen LogP contribution is -2.44. The zero-order chi connectivity index (χ0) is 14.0. The molecule has 0 aliphatic heterocycles. The van der Waals surface area contributed by atoms with Crippen LogP contribution in [0.3, 0.4) is 0 Å². The SMILES string of the molecule is CCOCC(C)NC(=O)C1C2C=CC(C2)C1C(=O)O. The predicted octanol–water partition coefficient (Wildman–Crippen LogP) is 1.05. The molecule has 0 aromatic rings. The van der Waals surface area contributed by atoms with E-state index in [1.54, 1.807) is 0 Å². The third-order valence-electron chi connectivity index (χ3n) is 4.01. The minimum Gasteiger partial charge on any atom is -0.481 e. The van der Waals surface area contributed by atoms with Crippen LogP contribution in [0.15, 0.2) is 12.2 Å². The van der Waals surface area contributed by atoms with Crippen molar-refractivity contribution in [3.05, 3.63) is 12.2 Å². The van der Waals surface area contributed by atoms with Crippen molar-refractivity contribution < 1.29 is 19.4 Å². The van der Waals surface area contributed by atoms with Crippen LogP contribution in [0.1, 0.15) is 20.3 Å². The minimum absolute atomic E-state index is 0.0143. The normalized spacial score (nSPS) is 33.4. The molecule has 5 atom stereocenters. The molecule has 0 radical (unpaired) electrons. The maximum atomic E-state index is 12.3. The zero-order valence-corrected chi connectivity index (χ0v) is 11.3. The first kappa shape index (κ1) is 14.1. The highest BCUT2D eigenvalue weighted by Gasteiger charge is 2.51. The van der Waals surface area contributed by atoms with Crippen LogP contribution in [0, 0.1) is 23.7 Å². The van der Waals surface area contributed by atoms with Crippen molar-refractivity contribution in [3.8, 4) is 0 Å². The van der Waals surface area contributed by atoms with E-state index < -0.39 is 17.8 Å². The molecule has 2 aliphatic rings. The summed E-state index contributed by atoms with van der Waals surface area (Å²) in [5.74, 6) is -1.94. The van der Waals surface area contributed by atoms with E-state index in [2.05, 4.69) is 5.32 Å². The lowest BCUT2D eigenvalue weighted by molar-refractivity contribution is -0.148. The Kier molecular flexibility index (Phi) is 4.24. The van der Waals surface area contributed by atoms with Gasteiger partial charge in [-0.25, -0.2) is 0 Å². The van der Waals surface area contributed by atoms with E-state index >= 15 is 0 Å². The second-order valence-corrected chi connectivity index (χ2v) is 5.41. The first-order valence-corrected chi connectivity index (χ1v) is 6.83. The molecule has 1 fully saturated rings. The summed E-state index contributed by atoms with van der Waals surface area (Å²) in [5, 5.41) is 12.2. The molecule has 1 saturated carbocycles. The number of carboxylic acid groups (broad SMARTS) is 1. The van der Waals surface area contributed by atoms with Crippen LogP contribution in [0.2, 0.25) is 0 Å². The lowest BCUT2D eigenvalue weighted by atomic mass is 9.82. The molecule has 0 heterocycles. The molecule has 0 spiro atoms. The van der Waals surface area contributed by atoms with Gasteiger partial charge in [-0.15, -0.1) is 0 Å². The number of rotatable bonds is 6. The lowest BCUT2D eigenvalue weighted by Gasteiger charge is -2.25. The van der Waals surface area contributed by atoms with Gasteiger partial charge in [0.1, 0.15) is 0 Å². The summed E-state index contributed by atoms with van der Waals surface area (Å²) in [7, 11) is 0. The molecule has 0 aromatic carbocycles. The monoisotopic (exact) mass is 267 g/mol. The average molecular weight is 267 g/mol. The number of aliphatic carboxylic acids is 1. The predicted molar refractivity (Wildman–Crippen MR) is 69.5 cm³/mol. The van der Waals surface area contributed by atoms with Gasteiger partial charge in [0.2, 0.25) is 5.91 Å². The van der Waals surface area contributed by atoms with Gasteiger partial charge in [0.05, 0.1) is 18.4 Å². The van der Waals surface area contributed by atoms with Crippen LogP contribution in [-0.4, -0.2) is 36.2 Å². The Hall–Kier alpha value is -1.36. The molecule has 106 valence electrons. The summed E-state index contributed by atoms with van der Waals surface area (Å²) in [6, 6.07) is -0.0926. The maximum absolute atomic E-state index is 12.3. The summed E-state index contributed by atoms with van der Waals surface area (Å²) in [5.41, 5.74) is 0. The number of carbonyl (C=O) groups is 2. The van der Waals surface area contributed by atoms with Crippen LogP contribution >= 0.6 is 0 Å². The maximum Gasteiger partial charge on any atom is 0.307 e. The number of nitrogens with one attached hydrogen (secondary N) is 1. The van der Waals surface area contributed by atoms with E-state index in [0.717, 1.165) is 6.42 Å². The number of carbonyl (C=O) groups excluding carboxylic acids is 1. The summed E-state index contributed by atoms with van der Waals surface area (Å²) in [6.45, 7) is 4.83. The largest absolute Gasteiger partial charge is 0.481 e. The quantitative estimate of drug-likeness (QED) is 0.705. The Morgan fingerprint density at radius 2 is 2.00 bits per heavy atom. The number of hydrogen-bond acceptors (Lipinski definition) is 3. The Balaban J connectivity index is 1.98. The van der Waals surface area contributed by atoms with E-state index in [0.29, 0.717) is 13.2 Å². The summed E-state index contributed by atoms with van der Waals surface area (Å²) < 4.78 is 5.25. The van der Waals surface area contributed by atoms with Gasteiger partial charge in [0.15, 0.2) is 0 Å². The number of fused-ring (bicyclic) bond motifs is 2. The van der Waals surface area contributed by atoms with Crippen molar-refractivity contribution in [2.45, 2.75) is 26.3 Å². The van der Waals surface area contributed by atoms with Crippen LogP contribution in [0.5, 0.6) is 0 Å². The highest BCUT2D eigenvalue weighted by atomic mass is 16.5. The number of carboxylic acids is 1. The van der Waals surface area contributed by atoms with Crippen molar-refractivity contribution in [1.29, 1.82) is 0 Å². The minimum atomic E-state index is -0.866. The zero-order valence-electron chi connectivity index (χ0n) is 11.3. The second kappa shape index (κ2) is 5.74. The summed E-state index contributed by atoms with van der Waals surface area (Å²) in [4.78, 5) is 23.6. The van der Waals surface area contributed by atoms with Gasteiger partial charge in [-0.3, -0.25) is 9.59 Å². The fraction of sp³-hybridized carbons (Fsp3) is 0.714. The molecule has 5 heteroatoms. The number of ether oxygens (including phenoxy) is 1. The first-order chi connectivity index (χ1) is 9.04. The molecule has 2 bridgehead atoms. The molecular formula is C14H21NO4. The van der Waals surface area contributed by atoms with Crippen molar-refractivity contribution in [3.63, 3.8) is 0 Å². The van der Waals surface area contributed by atoms with Crippen molar-refractivity contribution in [1.82, 2.24) is 5.32 Å². The van der Waals surface area contributed by atoms with E-state index in [9.17, 15) is 14.7 Å². The second-order valence-electron chi connectivity index (χ2n) is 5.41. The van der Waals surface area contributed by atoms with Gasteiger partial charge in [0, 0.05) is 12.6 Å². The Labute approximate surface area is 113 Å². The van der Waals surface area contributed by atoms with Gasteiger partial charge in [0.25, 0.3) is 0 Å². The molecule has 5 unspecified atom stereocenters. The molecular weight excluding hydrogens is 246 g/mol. The van der Waals surface area contributed by atoms with Crippen molar-refractivity contribution in [2.75, 3.05) is 13.2 Å². The summed E-state index contributed by atoms with van der Waals surface area (Å²) in [6.07, 6.45) is 4.72. The number of amides is 1. The molecule has 2 N–H and O–H groups in total. The Morgan fingerprint density at radius 3 is 2.58 bits per heavy atom. The number of allylic oxidation sites excluding steroid dienone is 2. The molecule has 2 aliphatic carbocycles. The van der Waals surface area contributed by atoms with Crippen molar-refractivity contribution in [2.24, 2.45) is 23.7 Å². The topological polar surface area (TPSA) is 75.6 Å². The van der Waals surface area contributed by atoms with Gasteiger partial charge in [-0.1, -0.05) is 12.2 Å². The van der Waals surface area contributed by atoms with Crippen LogP contribution in [-0.2, 0) is 14.3 Å². The standard InChI is InChI=1S/C14H21NO4/c1-3-19-7-8(2)15-13(16)11-9-4-5-10(6-9)12(11)14(17)18/h4-5,8-12H,3,6-7H2,1-2H3,(H,15,16)(H,17,18). The van der Waals surface area contributed by atoms with E-state index in [1.165, 1.54) is 0 Å². The highest BCUT2D eigenvalue weighted by Crippen LogP contribution is 2.48. The Morgan fingerprint density at radius 1 is 1.37 bits per heavy atom. The molecule has 0 saturated heterocycles. The van der Waals surface area contributed by atoms with E-state index in [-0.39, 0.29) is 23.8 Å². The Bertz CT molecular complexity index is 393. The van der Waals surface area contributed by atoms with Crippen LogP contribution in [0.25, 0.3) is 0 Å². The van der Waals surface area contributed by atoms with Gasteiger partial charge >= 0.3 is 5.97 Å².